The van der Waals surface area contributed by atoms with Crippen LogP contribution in [-0.2, 0) is 6.54 Å². The molecular weight excluding hydrogens is 242 g/mol. The average molecular weight is 255 g/mol. The molecule has 0 N–H and O–H groups in total. The lowest BCUT2D eigenvalue weighted by molar-refractivity contribution is 0.413. The molecule has 96 valence electrons. The molecule has 1 heterocycles. The summed E-state index contributed by atoms with van der Waals surface area (Å²) in [7, 11) is 1.52. The first-order valence-electron chi connectivity index (χ1n) is 5.74. The molecule has 0 amide bonds. The number of rotatable bonds is 3. The van der Waals surface area contributed by atoms with Gasteiger partial charge in [0.1, 0.15) is 11.8 Å². The van der Waals surface area contributed by atoms with Gasteiger partial charge in [-0.05, 0) is 24.6 Å². The summed E-state index contributed by atoms with van der Waals surface area (Å²) < 4.78 is 6.57. The van der Waals surface area contributed by atoms with Crippen molar-refractivity contribution >= 4 is 0 Å². The quantitative estimate of drug-likeness (QED) is 0.833. The Kier molecular flexibility index (Phi) is 3.62. The van der Waals surface area contributed by atoms with Crippen molar-refractivity contribution < 1.29 is 4.74 Å². The predicted octanol–water partition coefficient (Wildman–Crippen LogP) is 1.48. The van der Waals surface area contributed by atoms with Gasteiger partial charge in [-0.25, -0.2) is 4.98 Å². The van der Waals surface area contributed by atoms with E-state index < -0.39 is 0 Å². The van der Waals surface area contributed by atoms with Gasteiger partial charge in [0, 0.05) is 11.8 Å². The second-order valence-corrected chi connectivity index (χ2v) is 4.14. The van der Waals surface area contributed by atoms with Crippen LogP contribution in [0.15, 0.2) is 35.4 Å². The Morgan fingerprint density at radius 3 is 2.84 bits per heavy atom. The minimum Gasteiger partial charge on any atom is -0.495 e. The summed E-state index contributed by atoms with van der Waals surface area (Å²) in [5.74, 6) is 0.528. The molecule has 19 heavy (non-hydrogen) atoms. The van der Waals surface area contributed by atoms with E-state index in [2.05, 4.69) is 11.1 Å². The molecule has 0 radical (unpaired) electrons. The first kappa shape index (κ1) is 12.8. The topological polar surface area (TPSA) is 67.9 Å². The highest BCUT2D eigenvalue weighted by Crippen LogP contribution is 2.19. The van der Waals surface area contributed by atoms with E-state index in [-0.39, 0.29) is 5.56 Å². The van der Waals surface area contributed by atoms with Gasteiger partial charge < -0.3 is 4.74 Å². The van der Waals surface area contributed by atoms with Crippen LogP contribution in [0, 0.1) is 18.3 Å². The molecule has 0 fully saturated rings. The van der Waals surface area contributed by atoms with E-state index in [0.29, 0.717) is 23.6 Å². The highest BCUT2D eigenvalue weighted by molar-refractivity contribution is 5.45. The maximum atomic E-state index is 11.8. The Bertz CT molecular complexity index is 699. The Morgan fingerprint density at radius 2 is 2.21 bits per heavy atom. The first-order valence-corrected chi connectivity index (χ1v) is 5.74. The predicted molar refractivity (Wildman–Crippen MR) is 70.0 cm³/mol. The van der Waals surface area contributed by atoms with Gasteiger partial charge in [-0.15, -0.1) is 0 Å². The lowest BCUT2D eigenvalue weighted by atomic mass is 10.1. The van der Waals surface area contributed by atoms with Gasteiger partial charge in [-0.2, -0.15) is 5.26 Å². The Balaban J connectivity index is 2.34. The molecule has 0 atom stereocenters. The van der Waals surface area contributed by atoms with Gasteiger partial charge >= 0.3 is 0 Å². The minimum atomic E-state index is -0.109. The van der Waals surface area contributed by atoms with E-state index in [1.807, 2.05) is 6.07 Å². The molecule has 0 aliphatic heterocycles. The van der Waals surface area contributed by atoms with E-state index in [4.69, 9.17) is 10.00 Å². The van der Waals surface area contributed by atoms with Gasteiger partial charge in [-0.3, -0.25) is 9.36 Å². The van der Waals surface area contributed by atoms with Crippen molar-refractivity contribution in [2.75, 3.05) is 7.11 Å². The van der Waals surface area contributed by atoms with Crippen LogP contribution in [-0.4, -0.2) is 16.7 Å². The van der Waals surface area contributed by atoms with Gasteiger partial charge in [0.05, 0.1) is 25.5 Å². The second kappa shape index (κ2) is 5.36. The molecule has 5 heteroatoms. The summed E-state index contributed by atoms with van der Waals surface area (Å²) in [4.78, 5) is 15.8. The van der Waals surface area contributed by atoms with Crippen molar-refractivity contribution in [3.63, 3.8) is 0 Å². The monoisotopic (exact) mass is 255 g/mol. The standard InChI is InChI=1S/C14H13N3O2/c1-10-5-14(18)17(9-16-10)8-11-3-4-13(19-2)12(6-11)7-15/h3-6,9H,8H2,1-2H3. The maximum Gasteiger partial charge on any atom is 0.253 e. The van der Waals surface area contributed by atoms with Crippen LogP contribution in [0.25, 0.3) is 0 Å². The van der Waals surface area contributed by atoms with Gasteiger partial charge in [0.25, 0.3) is 5.56 Å². The van der Waals surface area contributed by atoms with Crippen molar-refractivity contribution in [1.82, 2.24) is 9.55 Å². The fraction of sp³-hybridized carbons (Fsp3) is 0.214. The molecule has 2 aromatic rings. The van der Waals surface area contributed by atoms with E-state index in [9.17, 15) is 4.79 Å². The van der Waals surface area contributed by atoms with Crippen LogP contribution >= 0.6 is 0 Å². The lowest BCUT2D eigenvalue weighted by Crippen LogP contribution is -2.20. The Morgan fingerprint density at radius 1 is 1.42 bits per heavy atom. The Labute approximate surface area is 110 Å². The number of aromatic nitrogens is 2. The summed E-state index contributed by atoms with van der Waals surface area (Å²) in [6.45, 7) is 2.15. The Hall–Kier alpha value is -2.61. The number of hydrogen-bond acceptors (Lipinski definition) is 4. The van der Waals surface area contributed by atoms with Crippen LogP contribution in [0.2, 0.25) is 0 Å². The first-order chi connectivity index (χ1) is 9.13. The molecule has 0 bridgehead atoms. The second-order valence-electron chi connectivity index (χ2n) is 4.14. The summed E-state index contributed by atoms with van der Waals surface area (Å²) in [5, 5.41) is 9.02. The van der Waals surface area contributed by atoms with Gasteiger partial charge in [0.15, 0.2) is 0 Å². The molecule has 0 aliphatic rings. The molecule has 0 saturated heterocycles. The molecule has 1 aromatic carbocycles. The highest BCUT2D eigenvalue weighted by atomic mass is 16.5. The van der Waals surface area contributed by atoms with Crippen molar-refractivity contribution in [2.24, 2.45) is 0 Å². The number of nitriles is 1. The molecule has 1 aromatic heterocycles. The fourth-order valence-corrected chi connectivity index (χ4v) is 1.77. The van der Waals surface area contributed by atoms with Crippen LogP contribution in [0.3, 0.4) is 0 Å². The zero-order valence-electron chi connectivity index (χ0n) is 10.8. The van der Waals surface area contributed by atoms with Gasteiger partial charge in [-0.1, -0.05) is 6.07 Å². The number of ether oxygens (including phenoxy) is 1. The average Bonchev–Trinajstić information content (AvgIpc) is 2.41. The molecule has 0 spiro atoms. The van der Waals surface area contributed by atoms with Crippen molar-refractivity contribution in [2.45, 2.75) is 13.5 Å². The smallest absolute Gasteiger partial charge is 0.253 e. The zero-order chi connectivity index (χ0) is 13.8. The number of nitrogens with zero attached hydrogens (tertiary/aromatic N) is 3. The maximum absolute atomic E-state index is 11.8. The number of aryl methyl sites for hydroxylation is 1. The molecule has 5 nitrogen and oxygen atoms in total. The molecule has 0 saturated carbocycles. The zero-order valence-corrected chi connectivity index (χ0v) is 10.8. The van der Waals surface area contributed by atoms with E-state index >= 15 is 0 Å². The molecule has 2 rings (SSSR count). The van der Waals surface area contributed by atoms with E-state index in [0.717, 1.165) is 5.56 Å². The van der Waals surface area contributed by atoms with Crippen LogP contribution < -0.4 is 10.3 Å². The van der Waals surface area contributed by atoms with Crippen LogP contribution in [0.5, 0.6) is 5.75 Å². The third-order valence-corrected chi connectivity index (χ3v) is 2.75. The summed E-state index contributed by atoms with van der Waals surface area (Å²) in [6.07, 6.45) is 1.51. The van der Waals surface area contributed by atoms with Crippen LogP contribution in [0.1, 0.15) is 16.8 Å². The summed E-state index contributed by atoms with van der Waals surface area (Å²) >= 11 is 0. The molecular formula is C14H13N3O2. The van der Waals surface area contributed by atoms with E-state index in [1.54, 1.807) is 19.1 Å². The summed E-state index contributed by atoms with van der Waals surface area (Å²) in [6, 6.07) is 8.81. The lowest BCUT2D eigenvalue weighted by Gasteiger charge is -2.08. The largest absolute Gasteiger partial charge is 0.495 e. The summed E-state index contributed by atoms with van der Waals surface area (Å²) in [5.41, 5.74) is 1.88. The minimum absolute atomic E-state index is 0.109. The number of benzene rings is 1. The molecule has 0 aliphatic carbocycles. The number of methoxy groups -OCH3 is 1. The van der Waals surface area contributed by atoms with E-state index in [1.165, 1.54) is 24.1 Å². The molecule has 0 unspecified atom stereocenters. The third-order valence-electron chi connectivity index (χ3n) is 2.75. The van der Waals surface area contributed by atoms with Crippen molar-refractivity contribution in [1.29, 1.82) is 5.26 Å². The normalized spacial score (nSPS) is 9.95. The fourth-order valence-electron chi connectivity index (χ4n) is 1.77. The van der Waals surface area contributed by atoms with Crippen molar-refractivity contribution in [3.05, 3.63) is 57.8 Å². The highest BCUT2D eigenvalue weighted by Gasteiger charge is 2.05. The van der Waals surface area contributed by atoms with Gasteiger partial charge in [0.2, 0.25) is 0 Å². The SMILES string of the molecule is COc1ccc(Cn2cnc(C)cc2=O)cc1C#N. The number of hydrogen-bond donors (Lipinski definition) is 0. The van der Waals surface area contributed by atoms with Crippen molar-refractivity contribution in [3.8, 4) is 11.8 Å². The third kappa shape index (κ3) is 2.80. The van der Waals surface area contributed by atoms with Crippen LogP contribution in [0.4, 0.5) is 0 Å².